The topological polar surface area (TPSA) is 85.3 Å². The third kappa shape index (κ3) is 3.96. The molecule has 2 aromatic carbocycles. The zero-order valence-corrected chi connectivity index (χ0v) is 18.5. The first-order chi connectivity index (χ1) is 15.4. The molecule has 2 aromatic rings. The van der Waals surface area contributed by atoms with E-state index in [1.165, 1.54) is 12.0 Å². The molecule has 0 unspecified atom stereocenters. The highest BCUT2D eigenvalue weighted by atomic mass is 16.5. The zero-order chi connectivity index (χ0) is 22.8. The Kier molecular flexibility index (Phi) is 6.19. The molecule has 7 nitrogen and oxygen atoms in total. The maximum Gasteiger partial charge on any atom is 0.295 e. The van der Waals surface area contributed by atoms with Crippen molar-refractivity contribution in [3.63, 3.8) is 0 Å². The van der Waals surface area contributed by atoms with Gasteiger partial charge in [-0.25, -0.2) is 0 Å². The van der Waals surface area contributed by atoms with E-state index in [2.05, 4.69) is 0 Å². The van der Waals surface area contributed by atoms with Crippen molar-refractivity contribution in [1.29, 1.82) is 0 Å². The van der Waals surface area contributed by atoms with Gasteiger partial charge in [0.05, 0.1) is 24.8 Å². The third-order valence-electron chi connectivity index (χ3n) is 5.73. The lowest BCUT2D eigenvalue weighted by Gasteiger charge is -2.25. The van der Waals surface area contributed by atoms with Crippen LogP contribution in [-0.2, 0) is 20.7 Å². The number of hydrogen-bond acceptors (Lipinski definition) is 6. The second-order valence-corrected chi connectivity index (χ2v) is 7.95. The minimum Gasteiger partial charge on any atom is -0.507 e. The summed E-state index contributed by atoms with van der Waals surface area (Å²) < 4.78 is 16.5. The van der Waals surface area contributed by atoms with E-state index in [9.17, 15) is 14.7 Å². The number of carbonyl (C=O) groups is 2. The van der Waals surface area contributed by atoms with Crippen molar-refractivity contribution in [1.82, 2.24) is 4.90 Å². The molecule has 2 atom stereocenters. The fourth-order valence-corrected chi connectivity index (χ4v) is 4.31. The maximum atomic E-state index is 13.1. The summed E-state index contributed by atoms with van der Waals surface area (Å²) in [5, 5.41) is 11.2. The number of rotatable bonds is 7. The molecule has 2 aliphatic rings. The minimum atomic E-state index is -0.742. The Morgan fingerprint density at radius 2 is 2.03 bits per heavy atom. The molecular formula is C25H27NO6. The number of Topliss-reactive ketones (excluding diaryl/α,β-unsaturated/α-hetero) is 1. The van der Waals surface area contributed by atoms with Crippen LogP contribution in [0.4, 0.5) is 0 Å². The first kappa shape index (κ1) is 21.9. The molecule has 0 radical (unpaired) electrons. The van der Waals surface area contributed by atoms with Crippen molar-refractivity contribution in [2.45, 2.75) is 32.4 Å². The predicted octanol–water partition coefficient (Wildman–Crippen LogP) is 3.48. The van der Waals surface area contributed by atoms with E-state index in [4.69, 9.17) is 14.2 Å². The molecule has 7 heteroatoms. The Balaban J connectivity index is 1.82. The number of hydrogen-bond donors (Lipinski definition) is 1. The van der Waals surface area contributed by atoms with Crippen LogP contribution in [0.3, 0.4) is 0 Å². The highest BCUT2D eigenvalue weighted by molar-refractivity contribution is 6.46. The van der Waals surface area contributed by atoms with E-state index in [1.807, 2.05) is 38.1 Å². The second-order valence-electron chi connectivity index (χ2n) is 7.95. The number of likely N-dealkylation sites (tertiary alicyclic amines) is 1. The van der Waals surface area contributed by atoms with Gasteiger partial charge >= 0.3 is 0 Å². The number of ketones is 1. The van der Waals surface area contributed by atoms with Gasteiger partial charge in [-0.2, -0.15) is 0 Å². The van der Waals surface area contributed by atoms with Crippen molar-refractivity contribution in [3.8, 4) is 11.5 Å². The first-order valence-electron chi connectivity index (χ1n) is 10.7. The smallest absolute Gasteiger partial charge is 0.295 e. The Bertz CT molecular complexity index is 1080. The van der Waals surface area contributed by atoms with Crippen LogP contribution >= 0.6 is 0 Å². The number of nitrogens with zero attached hydrogens (tertiary/aromatic N) is 1. The summed E-state index contributed by atoms with van der Waals surface area (Å²) in [5.41, 5.74) is 2.19. The predicted molar refractivity (Wildman–Crippen MR) is 119 cm³/mol. The van der Waals surface area contributed by atoms with Gasteiger partial charge in [-0.05, 0) is 55.3 Å². The molecule has 1 saturated heterocycles. The standard InChI is InChI=1S/C25H27NO6/c1-4-31-19-7-5-6-16(14-19)22-21(24(28)25(29)26(22)10-11-30-3)23(27)17-8-9-20-18(13-17)12-15(2)32-20/h5-9,13-15,22,27H,4,10-12H2,1-3H3/b23-21+/t15-,22+/m1/s1. The number of fused-ring (bicyclic) bond motifs is 1. The molecule has 4 rings (SSSR count). The summed E-state index contributed by atoms with van der Waals surface area (Å²) in [5.74, 6) is -0.164. The number of aliphatic hydroxyl groups is 1. The lowest BCUT2D eigenvalue weighted by Crippen LogP contribution is -2.32. The number of benzene rings is 2. The SMILES string of the molecule is CCOc1cccc([C@H]2/C(=C(\O)c3ccc4c(c3)C[C@@H](C)O4)C(=O)C(=O)N2CCOC)c1. The molecular weight excluding hydrogens is 410 g/mol. The Morgan fingerprint density at radius 1 is 1.22 bits per heavy atom. The molecule has 32 heavy (non-hydrogen) atoms. The third-order valence-corrected chi connectivity index (χ3v) is 5.73. The van der Waals surface area contributed by atoms with E-state index in [-0.39, 0.29) is 30.6 Å². The van der Waals surface area contributed by atoms with E-state index in [0.29, 0.717) is 23.5 Å². The highest BCUT2D eigenvalue weighted by Crippen LogP contribution is 2.41. The number of amides is 1. The zero-order valence-electron chi connectivity index (χ0n) is 18.5. The van der Waals surface area contributed by atoms with Gasteiger partial charge < -0.3 is 24.2 Å². The van der Waals surface area contributed by atoms with Crippen molar-refractivity contribution in [2.24, 2.45) is 0 Å². The summed E-state index contributed by atoms with van der Waals surface area (Å²) in [6.07, 6.45) is 0.779. The Morgan fingerprint density at radius 3 is 2.78 bits per heavy atom. The normalized spacial score (nSPS) is 21.5. The van der Waals surface area contributed by atoms with Crippen LogP contribution < -0.4 is 9.47 Å². The molecule has 0 aliphatic carbocycles. The number of ether oxygens (including phenoxy) is 3. The average Bonchev–Trinajstić information content (AvgIpc) is 3.28. The summed E-state index contributed by atoms with van der Waals surface area (Å²) >= 11 is 0. The molecule has 0 spiro atoms. The van der Waals surface area contributed by atoms with Crippen LogP contribution in [0.5, 0.6) is 11.5 Å². The first-order valence-corrected chi connectivity index (χ1v) is 10.7. The Hall–Kier alpha value is -3.32. The summed E-state index contributed by atoms with van der Waals surface area (Å²) in [7, 11) is 1.54. The number of aliphatic hydroxyl groups excluding tert-OH is 1. The lowest BCUT2D eigenvalue weighted by atomic mass is 9.94. The lowest BCUT2D eigenvalue weighted by molar-refractivity contribution is -0.140. The Labute approximate surface area is 187 Å². The fraction of sp³-hybridized carbons (Fsp3) is 0.360. The maximum absolute atomic E-state index is 13.1. The van der Waals surface area contributed by atoms with E-state index >= 15 is 0 Å². The fourth-order valence-electron chi connectivity index (χ4n) is 4.31. The molecule has 0 aromatic heterocycles. The van der Waals surface area contributed by atoms with Crippen LogP contribution in [0.1, 0.15) is 36.6 Å². The van der Waals surface area contributed by atoms with Gasteiger partial charge in [0.1, 0.15) is 23.4 Å². The number of carbonyl (C=O) groups excluding carboxylic acids is 2. The van der Waals surface area contributed by atoms with Gasteiger partial charge in [0.15, 0.2) is 0 Å². The molecule has 1 N–H and O–H groups in total. The van der Waals surface area contributed by atoms with Gasteiger partial charge in [0.25, 0.3) is 11.7 Å². The molecule has 2 aliphatic heterocycles. The van der Waals surface area contributed by atoms with Crippen molar-refractivity contribution in [3.05, 3.63) is 64.7 Å². The van der Waals surface area contributed by atoms with Gasteiger partial charge in [0, 0.05) is 25.6 Å². The molecule has 168 valence electrons. The van der Waals surface area contributed by atoms with Crippen LogP contribution in [0.15, 0.2) is 48.0 Å². The van der Waals surface area contributed by atoms with Crippen LogP contribution in [-0.4, -0.2) is 54.7 Å². The van der Waals surface area contributed by atoms with E-state index < -0.39 is 17.7 Å². The van der Waals surface area contributed by atoms with Crippen molar-refractivity contribution in [2.75, 3.05) is 26.9 Å². The van der Waals surface area contributed by atoms with Crippen LogP contribution in [0.2, 0.25) is 0 Å². The molecule has 0 bridgehead atoms. The van der Waals surface area contributed by atoms with E-state index in [1.54, 1.807) is 18.2 Å². The monoisotopic (exact) mass is 437 g/mol. The summed E-state index contributed by atoms with van der Waals surface area (Å²) in [6, 6.07) is 11.8. The van der Waals surface area contributed by atoms with Crippen LogP contribution in [0, 0.1) is 0 Å². The van der Waals surface area contributed by atoms with Gasteiger partial charge in [0.2, 0.25) is 0 Å². The second kappa shape index (κ2) is 9.04. The van der Waals surface area contributed by atoms with Crippen molar-refractivity contribution >= 4 is 17.4 Å². The molecule has 0 saturated carbocycles. The van der Waals surface area contributed by atoms with Gasteiger partial charge in [-0.3, -0.25) is 9.59 Å². The van der Waals surface area contributed by atoms with Crippen LogP contribution in [0.25, 0.3) is 5.76 Å². The van der Waals surface area contributed by atoms with Gasteiger partial charge in [-0.1, -0.05) is 12.1 Å². The minimum absolute atomic E-state index is 0.0586. The van der Waals surface area contributed by atoms with Crippen molar-refractivity contribution < 1.29 is 28.9 Å². The quantitative estimate of drug-likeness (QED) is 0.406. The molecule has 1 amide bonds. The highest BCUT2D eigenvalue weighted by Gasteiger charge is 2.46. The summed E-state index contributed by atoms with van der Waals surface area (Å²) in [4.78, 5) is 27.4. The molecule has 2 heterocycles. The average molecular weight is 437 g/mol. The largest absolute Gasteiger partial charge is 0.507 e. The molecule has 1 fully saturated rings. The summed E-state index contributed by atoms with van der Waals surface area (Å²) in [6.45, 7) is 4.84. The van der Waals surface area contributed by atoms with E-state index in [0.717, 1.165) is 17.7 Å². The van der Waals surface area contributed by atoms with Gasteiger partial charge in [-0.15, -0.1) is 0 Å². The number of methoxy groups -OCH3 is 1.